The minimum absolute atomic E-state index is 0.316. The molecule has 0 aliphatic carbocycles. The second-order valence-corrected chi connectivity index (χ2v) is 5.30. The van der Waals surface area contributed by atoms with E-state index in [1.165, 1.54) is 11.1 Å². The van der Waals surface area contributed by atoms with E-state index in [2.05, 4.69) is 55.4 Å². The van der Waals surface area contributed by atoms with Gasteiger partial charge in [-0.05, 0) is 26.5 Å². The van der Waals surface area contributed by atoms with Crippen molar-refractivity contribution in [2.75, 3.05) is 33.3 Å². The van der Waals surface area contributed by atoms with Gasteiger partial charge in [-0.1, -0.05) is 29.8 Å². The molecule has 1 N–H and O–H groups in total. The summed E-state index contributed by atoms with van der Waals surface area (Å²) in [6, 6.07) is 9.05. The molecule has 2 atom stereocenters. The molecule has 1 saturated heterocycles. The van der Waals surface area contributed by atoms with Crippen molar-refractivity contribution >= 4 is 0 Å². The third-order valence-corrected chi connectivity index (χ3v) is 3.54. The molecule has 3 heteroatoms. The first-order chi connectivity index (χ1) is 8.65. The number of nitrogens with zero attached hydrogens (tertiary/aromatic N) is 1. The van der Waals surface area contributed by atoms with Crippen LogP contribution in [0.5, 0.6) is 0 Å². The molecule has 0 spiro atoms. The lowest BCUT2D eigenvalue weighted by molar-refractivity contribution is -0.0190. The van der Waals surface area contributed by atoms with Gasteiger partial charge in [-0.15, -0.1) is 0 Å². The summed E-state index contributed by atoms with van der Waals surface area (Å²) in [5.74, 6) is 0. The number of morpholine rings is 1. The van der Waals surface area contributed by atoms with Gasteiger partial charge in [0.1, 0.15) is 0 Å². The molecule has 1 aromatic rings. The number of aryl methyl sites for hydroxylation is 1. The number of likely N-dealkylation sites (N-methyl/N-ethyl adjacent to an activating group) is 1. The highest BCUT2D eigenvalue weighted by Crippen LogP contribution is 2.14. The fourth-order valence-electron chi connectivity index (χ4n) is 2.36. The van der Waals surface area contributed by atoms with Crippen molar-refractivity contribution in [2.45, 2.75) is 26.0 Å². The van der Waals surface area contributed by atoms with Gasteiger partial charge >= 0.3 is 0 Å². The zero-order valence-electron chi connectivity index (χ0n) is 11.6. The molecule has 3 nitrogen and oxygen atoms in total. The van der Waals surface area contributed by atoms with Crippen LogP contribution in [-0.4, -0.2) is 44.3 Å². The normalized spacial score (nSPS) is 22.9. The Hall–Kier alpha value is -0.900. The van der Waals surface area contributed by atoms with E-state index in [0.717, 1.165) is 26.2 Å². The predicted molar refractivity (Wildman–Crippen MR) is 74.8 cm³/mol. The molecule has 100 valence electrons. The van der Waals surface area contributed by atoms with E-state index in [1.54, 1.807) is 0 Å². The highest BCUT2D eigenvalue weighted by molar-refractivity contribution is 5.24. The molecule has 1 fully saturated rings. The van der Waals surface area contributed by atoms with Crippen LogP contribution in [0.1, 0.15) is 24.1 Å². The zero-order valence-corrected chi connectivity index (χ0v) is 11.6. The monoisotopic (exact) mass is 248 g/mol. The maximum absolute atomic E-state index is 5.75. The van der Waals surface area contributed by atoms with Gasteiger partial charge in [0.05, 0.1) is 12.7 Å². The number of nitrogens with one attached hydrogen (secondary N) is 1. The molecule has 0 aromatic heterocycles. The van der Waals surface area contributed by atoms with Crippen molar-refractivity contribution in [1.29, 1.82) is 0 Å². The third kappa shape index (κ3) is 3.80. The van der Waals surface area contributed by atoms with Crippen molar-refractivity contribution in [2.24, 2.45) is 0 Å². The number of ether oxygens (including phenoxy) is 1. The Morgan fingerprint density at radius 2 is 2.33 bits per heavy atom. The quantitative estimate of drug-likeness (QED) is 0.882. The summed E-state index contributed by atoms with van der Waals surface area (Å²) in [5, 5.41) is 3.56. The predicted octanol–water partition coefficient (Wildman–Crippen LogP) is 1.98. The molecule has 1 unspecified atom stereocenters. The minimum atomic E-state index is 0.316. The molecular formula is C15H24N2O. The van der Waals surface area contributed by atoms with Gasteiger partial charge in [0.25, 0.3) is 0 Å². The molecule has 0 amide bonds. The van der Waals surface area contributed by atoms with Gasteiger partial charge in [-0.2, -0.15) is 0 Å². The van der Waals surface area contributed by atoms with Crippen LogP contribution in [0.4, 0.5) is 0 Å². The second kappa shape index (κ2) is 6.32. The Morgan fingerprint density at radius 1 is 1.50 bits per heavy atom. The first-order valence-corrected chi connectivity index (χ1v) is 6.75. The molecule has 2 rings (SSSR count). The molecule has 0 radical (unpaired) electrons. The SMILES string of the molecule is Cc1cccc([C@H](C)NCC2CN(C)CCO2)c1. The van der Waals surface area contributed by atoms with Crippen LogP contribution in [0.15, 0.2) is 24.3 Å². The minimum Gasteiger partial charge on any atom is -0.374 e. The van der Waals surface area contributed by atoms with E-state index in [0.29, 0.717) is 12.1 Å². The van der Waals surface area contributed by atoms with Crippen LogP contribution in [0.2, 0.25) is 0 Å². The van der Waals surface area contributed by atoms with Crippen LogP contribution >= 0.6 is 0 Å². The number of hydrogen-bond donors (Lipinski definition) is 1. The molecule has 18 heavy (non-hydrogen) atoms. The Balaban J connectivity index is 1.82. The lowest BCUT2D eigenvalue weighted by atomic mass is 10.1. The number of benzene rings is 1. The molecular weight excluding hydrogens is 224 g/mol. The van der Waals surface area contributed by atoms with Crippen molar-refractivity contribution in [1.82, 2.24) is 10.2 Å². The topological polar surface area (TPSA) is 24.5 Å². The maximum atomic E-state index is 5.75. The largest absolute Gasteiger partial charge is 0.374 e. The summed E-state index contributed by atoms with van der Waals surface area (Å²) < 4.78 is 5.75. The zero-order chi connectivity index (χ0) is 13.0. The lowest BCUT2D eigenvalue weighted by Crippen LogP contribution is -2.45. The number of hydrogen-bond acceptors (Lipinski definition) is 3. The molecule has 1 aliphatic heterocycles. The lowest BCUT2D eigenvalue weighted by Gasteiger charge is -2.31. The molecule has 0 bridgehead atoms. The summed E-state index contributed by atoms with van der Waals surface area (Å²) in [4.78, 5) is 2.33. The third-order valence-electron chi connectivity index (χ3n) is 3.54. The van der Waals surface area contributed by atoms with E-state index >= 15 is 0 Å². The average Bonchev–Trinajstić information content (AvgIpc) is 2.36. The Kier molecular flexibility index (Phi) is 4.75. The van der Waals surface area contributed by atoms with Crippen LogP contribution in [-0.2, 0) is 4.74 Å². The second-order valence-electron chi connectivity index (χ2n) is 5.30. The first-order valence-electron chi connectivity index (χ1n) is 6.75. The number of rotatable bonds is 4. The average molecular weight is 248 g/mol. The van der Waals surface area contributed by atoms with Gasteiger partial charge in [-0.25, -0.2) is 0 Å². The molecule has 0 saturated carbocycles. The van der Waals surface area contributed by atoms with Crippen LogP contribution in [0, 0.1) is 6.92 Å². The summed E-state index contributed by atoms with van der Waals surface area (Å²) in [5.41, 5.74) is 2.66. The van der Waals surface area contributed by atoms with E-state index in [9.17, 15) is 0 Å². The molecule has 1 heterocycles. The van der Waals surface area contributed by atoms with Crippen molar-refractivity contribution in [3.8, 4) is 0 Å². The van der Waals surface area contributed by atoms with Crippen LogP contribution < -0.4 is 5.32 Å². The van der Waals surface area contributed by atoms with Gasteiger partial charge in [0.15, 0.2) is 0 Å². The van der Waals surface area contributed by atoms with Crippen LogP contribution in [0.25, 0.3) is 0 Å². The summed E-state index contributed by atoms with van der Waals surface area (Å²) in [6.07, 6.45) is 0.316. The van der Waals surface area contributed by atoms with Gasteiger partial charge in [0, 0.05) is 25.7 Å². The smallest absolute Gasteiger partial charge is 0.0826 e. The van der Waals surface area contributed by atoms with E-state index in [1.807, 2.05) is 0 Å². The fraction of sp³-hybridized carbons (Fsp3) is 0.600. The highest BCUT2D eigenvalue weighted by atomic mass is 16.5. The van der Waals surface area contributed by atoms with E-state index in [-0.39, 0.29) is 0 Å². The van der Waals surface area contributed by atoms with Crippen molar-refractivity contribution < 1.29 is 4.74 Å². The summed E-state index contributed by atoms with van der Waals surface area (Å²) in [7, 11) is 2.15. The molecule has 1 aromatic carbocycles. The van der Waals surface area contributed by atoms with Crippen molar-refractivity contribution in [3.63, 3.8) is 0 Å². The maximum Gasteiger partial charge on any atom is 0.0826 e. The summed E-state index contributed by atoms with van der Waals surface area (Å²) >= 11 is 0. The summed E-state index contributed by atoms with van der Waals surface area (Å²) in [6.45, 7) is 8.18. The van der Waals surface area contributed by atoms with Gasteiger partial charge in [-0.3, -0.25) is 0 Å². The Labute approximate surface area is 110 Å². The molecule has 1 aliphatic rings. The Bertz CT molecular complexity index is 381. The van der Waals surface area contributed by atoms with Gasteiger partial charge in [0.2, 0.25) is 0 Å². The van der Waals surface area contributed by atoms with E-state index < -0.39 is 0 Å². The fourth-order valence-corrected chi connectivity index (χ4v) is 2.36. The van der Waals surface area contributed by atoms with Gasteiger partial charge < -0.3 is 15.0 Å². The first kappa shape index (κ1) is 13.5. The Morgan fingerprint density at radius 3 is 3.06 bits per heavy atom. The standard InChI is InChI=1S/C15H24N2O/c1-12-5-4-6-14(9-12)13(2)16-10-15-11-17(3)7-8-18-15/h4-6,9,13,15-16H,7-8,10-11H2,1-3H3/t13-,15?/m0/s1. The van der Waals surface area contributed by atoms with Crippen LogP contribution in [0.3, 0.4) is 0 Å². The van der Waals surface area contributed by atoms with Crippen molar-refractivity contribution in [3.05, 3.63) is 35.4 Å². The highest BCUT2D eigenvalue weighted by Gasteiger charge is 2.18. The van der Waals surface area contributed by atoms with E-state index in [4.69, 9.17) is 4.74 Å².